The monoisotopic (exact) mass is 406 g/mol. The summed E-state index contributed by atoms with van der Waals surface area (Å²) in [6.07, 6.45) is -11.6. The molecule has 0 aliphatic rings. The maximum Gasteiger partial charge on any atom is 0.340 e. The van der Waals surface area contributed by atoms with Crippen LogP contribution >= 0.6 is 0 Å². The van der Waals surface area contributed by atoms with Gasteiger partial charge in [0.15, 0.2) is 0 Å². The van der Waals surface area contributed by atoms with Gasteiger partial charge in [-0.2, -0.15) is 0 Å². The second-order valence-corrected chi connectivity index (χ2v) is 5.65. The molecule has 0 heterocycles. The summed E-state index contributed by atoms with van der Waals surface area (Å²) in [5.41, 5.74) is -0.310. The zero-order valence-corrected chi connectivity index (χ0v) is 14.4. The maximum absolute atomic E-state index is 11.8. The number of ether oxygens (including phenoxy) is 2. The Morgan fingerprint density at radius 1 is 0.679 bits per heavy atom. The van der Waals surface area contributed by atoms with Gasteiger partial charge in [-0.15, -0.1) is 0 Å². The third-order valence-corrected chi connectivity index (χ3v) is 3.56. The molecule has 28 heavy (non-hydrogen) atoms. The molecule has 6 atom stereocenters. The Labute approximate surface area is 158 Å². The number of carbonyl (C=O) groups excluding carboxylic acids is 2. The molecule has 1 rings (SSSR count). The Hall–Kier alpha value is -2.16. The molecule has 158 valence electrons. The Balaban J connectivity index is 2.69. The van der Waals surface area contributed by atoms with Crippen LogP contribution in [0.5, 0.6) is 0 Å². The predicted octanol–water partition coefficient (Wildman–Crippen LogP) is -3.93. The highest BCUT2D eigenvalue weighted by atomic mass is 16.7. The lowest BCUT2D eigenvalue weighted by Gasteiger charge is -2.21. The molecule has 0 aromatic heterocycles. The number of benzene rings is 1. The SMILES string of the molecule is O=C(OC(O)[C@@H](O)[C@@H](O)CO)c1ccc(C(=O)OC(O)[C@@H](O)[C@@H](O)CO)cc1. The van der Waals surface area contributed by atoms with E-state index in [1.165, 1.54) is 0 Å². The maximum atomic E-state index is 11.8. The van der Waals surface area contributed by atoms with Crippen molar-refractivity contribution in [2.24, 2.45) is 0 Å². The zero-order valence-electron chi connectivity index (χ0n) is 14.4. The van der Waals surface area contributed by atoms with Crippen LogP contribution in [-0.4, -0.2) is 103 Å². The lowest BCUT2D eigenvalue weighted by molar-refractivity contribution is -0.167. The molecule has 1 aromatic rings. The van der Waals surface area contributed by atoms with Gasteiger partial charge in [-0.3, -0.25) is 0 Å². The van der Waals surface area contributed by atoms with E-state index in [0.29, 0.717) is 0 Å². The van der Waals surface area contributed by atoms with E-state index in [1.807, 2.05) is 0 Å². The Morgan fingerprint density at radius 3 is 1.21 bits per heavy atom. The first-order valence-corrected chi connectivity index (χ1v) is 7.94. The number of aliphatic hydroxyl groups excluding tert-OH is 8. The van der Waals surface area contributed by atoms with Crippen LogP contribution in [0, 0.1) is 0 Å². The first-order valence-electron chi connectivity index (χ1n) is 7.94. The topological polar surface area (TPSA) is 214 Å². The minimum Gasteiger partial charge on any atom is -0.429 e. The van der Waals surface area contributed by atoms with Gasteiger partial charge in [-0.1, -0.05) is 0 Å². The van der Waals surface area contributed by atoms with Crippen molar-refractivity contribution in [3.8, 4) is 0 Å². The van der Waals surface area contributed by atoms with Crippen LogP contribution in [0.15, 0.2) is 24.3 Å². The Morgan fingerprint density at radius 2 is 0.964 bits per heavy atom. The molecular formula is C16H22O12. The summed E-state index contributed by atoms with van der Waals surface area (Å²) >= 11 is 0. The molecule has 8 N–H and O–H groups in total. The second kappa shape index (κ2) is 11.0. The first-order chi connectivity index (χ1) is 13.1. The lowest BCUT2D eigenvalue weighted by atomic mass is 10.1. The van der Waals surface area contributed by atoms with E-state index in [2.05, 4.69) is 9.47 Å². The molecule has 12 heteroatoms. The Bertz CT molecular complexity index is 578. The number of hydrogen-bond acceptors (Lipinski definition) is 12. The van der Waals surface area contributed by atoms with E-state index in [4.69, 9.17) is 20.4 Å². The smallest absolute Gasteiger partial charge is 0.340 e. The van der Waals surface area contributed by atoms with E-state index >= 15 is 0 Å². The number of carbonyl (C=O) groups is 2. The molecule has 0 fully saturated rings. The summed E-state index contributed by atoms with van der Waals surface area (Å²) in [6.45, 7) is -1.75. The highest BCUT2D eigenvalue weighted by Gasteiger charge is 2.29. The van der Waals surface area contributed by atoms with Gasteiger partial charge in [0.2, 0.25) is 12.6 Å². The van der Waals surface area contributed by atoms with E-state index in [9.17, 15) is 30.0 Å². The summed E-state index contributed by atoms with van der Waals surface area (Å²) in [6, 6.07) is 4.36. The molecule has 0 aliphatic carbocycles. The minimum atomic E-state index is -2.12. The van der Waals surface area contributed by atoms with Crippen molar-refractivity contribution >= 4 is 11.9 Å². The average molecular weight is 406 g/mol. The van der Waals surface area contributed by atoms with Crippen molar-refractivity contribution in [2.75, 3.05) is 13.2 Å². The molecule has 0 saturated carbocycles. The third kappa shape index (κ3) is 6.47. The molecule has 0 amide bonds. The van der Waals surface area contributed by atoms with Crippen molar-refractivity contribution in [1.82, 2.24) is 0 Å². The molecule has 2 unspecified atom stereocenters. The van der Waals surface area contributed by atoms with Gasteiger partial charge in [0.05, 0.1) is 24.3 Å². The zero-order chi connectivity index (χ0) is 21.4. The average Bonchev–Trinajstić information content (AvgIpc) is 2.70. The quantitative estimate of drug-likeness (QED) is 0.138. The summed E-state index contributed by atoms with van der Waals surface area (Å²) < 4.78 is 9.02. The Kier molecular flexibility index (Phi) is 9.37. The molecule has 0 bridgehead atoms. The van der Waals surface area contributed by atoms with E-state index in [1.54, 1.807) is 0 Å². The normalized spacial score (nSPS) is 17.7. The van der Waals surface area contributed by atoms with Crippen molar-refractivity contribution in [1.29, 1.82) is 0 Å². The van der Waals surface area contributed by atoms with Crippen LogP contribution < -0.4 is 0 Å². The molecule has 0 saturated heterocycles. The van der Waals surface area contributed by atoms with Crippen LogP contribution in [0.1, 0.15) is 20.7 Å². The third-order valence-electron chi connectivity index (χ3n) is 3.56. The van der Waals surface area contributed by atoms with Gasteiger partial charge in [0.1, 0.15) is 24.4 Å². The standard InChI is InChI=1S/C16H22O12/c17-5-9(19)11(21)15(25)27-13(23)7-1-2-8(4-3-7)14(24)28-16(26)12(22)10(20)6-18/h1-4,9-12,15-22,25-26H,5-6H2/t9-,10-,11-,12-,15?,16?/m0/s1. The summed E-state index contributed by atoms with van der Waals surface area (Å²) in [7, 11) is 0. The first kappa shape index (κ1) is 23.9. The van der Waals surface area contributed by atoms with Gasteiger partial charge >= 0.3 is 11.9 Å². The van der Waals surface area contributed by atoms with Crippen LogP contribution in [0.25, 0.3) is 0 Å². The molecule has 0 spiro atoms. The molecule has 0 aliphatic heterocycles. The summed E-state index contributed by atoms with van der Waals surface area (Å²) in [4.78, 5) is 23.7. The summed E-state index contributed by atoms with van der Waals surface area (Å²) in [5.74, 6) is -2.23. The number of aliphatic hydroxyl groups is 8. The highest BCUT2D eigenvalue weighted by molar-refractivity contribution is 5.93. The van der Waals surface area contributed by atoms with Crippen molar-refractivity contribution in [3.05, 3.63) is 35.4 Å². The number of hydrogen-bond donors (Lipinski definition) is 8. The fourth-order valence-electron chi connectivity index (χ4n) is 1.83. The van der Waals surface area contributed by atoms with Crippen LogP contribution in [-0.2, 0) is 9.47 Å². The highest BCUT2D eigenvalue weighted by Crippen LogP contribution is 2.12. The van der Waals surface area contributed by atoms with E-state index in [0.717, 1.165) is 24.3 Å². The van der Waals surface area contributed by atoms with E-state index in [-0.39, 0.29) is 11.1 Å². The predicted molar refractivity (Wildman–Crippen MR) is 87.5 cm³/mol. The fourth-order valence-corrected chi connectivity index (χ4v) is 1.83. The molecule has 12 nitrogen and oxygen atoms in total. The molecule has 1 aromatic carbocycles. The van der Waals surface area contributed by atoms with Crippen LogP contribution in [0.3, 0.4) is 0 Å². The minimum absolute atomic E-state index is 0.155. The van der Waals surface area contributed by atoms with Crippen molar-refractivity contribution in [2.45, 2.75) is 37.0 Å². The van der Waals surface area contributed by atoms with Crippen molar-refractivity contribution in [3.63, 3.8) is 0 Å². The number of esters is 2. The lowest BCUT2D eigenvalue weighted by Crippen LogP contribution is -2.42. The largest absolute Gasteiger partial charge is 0.429 e. The van der Waals surface area contributed by atoms with Gasteiger partial charge in [-0.25, -0.2) is 9.59 Å². The van der Waals surface area contributed by atoms with Gasteiger partial charge in [-0.05, 0) is 24.3 Å². The van der Waals surface area contributed by atoms with Gasteiger partial charge < -0.3 is 50.3 Å². The number of rotatable bonds is 10. The fraction of sp³-hybridized carbons (Fsp3) is 0.500. The molecular weight excluding hydrogens is 384 g/mol. The van der Waals surface area contributed by atoms with Gasteiger partial charge in [0, 0.05) is 0 Å². The second-order valence-electron chi connectivity index (χ2n) is 5.65. The van der Waals surface area contributed by atoms with Crippen molar-refractivity contribution < 1.29 is 59.9 Å². The summed E-state index contributed by atoms with van der Waals surface area (Å²) in [5, 5.41) is 73.4. The van der Waals surface area contributed by atoms with Crippen LogP contribution in [0.2, 0.25) is 0 Å². The van der Waals surface area contributed by atoms with E-state index < -0.39 is 62.1 Å². The van der Waals surface area contributed by atoms with Crippen LogP contribution in [0.4, 0.5) is 0 Å². The molecule has 0 radical (unpaired) electrons. The van der Waals surface area contributed by atoms with Gasteiger partial charge in [0.25, 0.3) is 0 Å².